The molecule has 1 aromatic carbocycles. The van der Waals surface area contributed by atoms with Crippen LogP contribution in [0.4, 0.5) is 0 Å². The lowest BCUT2D eigenvalue weighted by Gasteiger charge is -2.42. The minimum absolute atomic E-state index is 0.246. The second kappa shape index (κ2) is 3.88. The predicted octanol–water partition coefficient (Wildman–Crippen LogP) is 4.10. The molecular formula is C16H21N. The maximum Gasteiger partial charge on any atom is 0.0669 e. The molecule has 0 unspecified atom stereocenters. The van der Waals surface area contributed by atoms with Gasteiger partial charge in [-0.05, 0) is 40.4 Å². The molecule has 90 valence electrons. The first-order valence-corrected chi connectivity index (χ1v) is 6.38. The molecule has 0 saturated carbocycles. The molecule has 0 N–H and O–H groups in total. The van der Waals surface area contributed by atoms with Crippen LogP contribution in [0.25, 0.3) is 0 Å². The van der Waals surface area contributed by atoms with Crippen molar-refractivity contribution in [2.45, 2.75) is 57.8 Å². The zero-order valence-electron chi connectivity index (χ0n) is 11.3. The first-order chi connectivity index (χ1) is 7.87. The number of nitriles is 1. The monoisotopic (exact) mass is 227 g/mol. The largest absolute Gasteiger partial charge is 0.198 e. The van der Waals surface area contributed by atoms with Crippen LogP contribution in [0.2, 0.25) is 0 Å². The van der Waals surface area contributed by atoms with Crippen LogP contribution in [0.1, 0.15) is 57.2 Å². The highest BCUT2D eigenvalue weighted by Crippen LogP contribution is 2.45. The van der Waals surface area contributed by atoms with E-state index in [1.807, 2.05) is 0 Å². The van der Waals surface area contributed by atoms with Crippen LogP contribution >= 0.6 is 0 Å². The SMILES string of the molecule is CC1(C)CCC(C)(C)c2cc(CC#N)ccc21. The lowest BCUT2D eigenvalue weighted by molar-refractivity contribution is 0.331. The van der Waals surface area contributed by atoms with Crippen molar-refractivity contribution in [1.29, 1.82) is 5.26 Å². The summed E-state index contributed by atoms with van der Waals surface area (Å²) in [5.41, 5.74) is 4.58. The number of rotatable bonds is 1. The molecule has 0 spiro atoms. The maximum atomic E-state index is 8.81. The Hall–Kier alpha value is -1.29. The molecule has 1 heteroatoms. The van der Waals surface area contributed by atoms with Gasteiger partial charge in [-0.15, -0.1) is 0 Å². The fraction of sp³-hybridized carbons (Fsp3) is 0.562. The predicted molar refractivity (Wildman–Crippen MR) is 71.0 cm³/mol. The van der Waals surface area contributed by atoms with Crippen molar-refractivity contribution < 1.29 is 0 Å². The molecule has 0 heterocycles. The van der Waals surface area contributed by atoms with Crippen LogP contribution in [0.5, 0.6) is 0 Å². The molecule has 0 fully saturated rings. The van der Waals surface area contributed by atoms with Gasteiger partial charge in [0, 0.05) is 0 Å². The first-order valence-electron chi connectivity index (χ1n) is 6.38. The molecule has 1 aliphatic rings. The third-order valence-electron chi connectivity index (χ3n) is 4.20. The Labute approximate surface area is 104 Å². The van der Waals surface area contributed by atoms with Crippen LogP contribution in [-0.2, 0) is 17.3 Å². The lowest BCUT2D eigenvalue weighted by Crippen LogP contribution is -2.33. The molecule has 2 rings (SSSR count). The summed E-state index contributed by atoms with van der Waals surface area (Å²) in [5.74, 6) is 0. The van der Waals surface area contributed by atoms with Crippen LogP contribution in [0.15, 0.2) is 18.2 Å². The summed E-state index contributed by atoms with van der Waals surface area (Å²) in [5, 5.41) is 8.81. The van der Waals surface area contributed by atoms with Crippen molar-refractivity contribution in [2.75, 3.05) is 0 Å². The molecule has 0 radical (unpaired) electrons. The van der Waals surface area contributed by atoms with Crippen molar-refractivity contribution in [1.82, 2.24) is 0 Å². The first kappa shape index (κ1) is 12.2. The summed E-state index contributed by atoms with van der Waals surface area (Å²) in [6.07, 6.45) is 2.98. The Morgan fingerprint density at radius 3 is 2.24 bits per heavy atom. The third-order valence-corrected chi connectivity index (χ3v) is 4.20. The van der Waals surface area contributed by atoms with E-state index in [4.69, 9.17) is 5.26 Å². The topological polar surface area (TPSA) is 23.8 Å². The molecule has 0 saturated heterocycles. The van der Waals surface area contributed by atoms with Crippen molar-refractivity contribution in [3.8, 4) is 6.07 Å². The van der Waals surface area contributed by atoms with Gasteiger partial charge in [0.1, 0.15) is 0 Å². The van der Waals surface area contributed by atoms with E-state index < -0.39 is 0 Å². The van der Waals surface area contributed by atoms with Crippen molar-refractivity contribution in [2.24, 2.45) is 0 Å². The summed E-state index contributed by atoms with van der Waals surface area (Å²) in [6.45, 7) is 9.28. The Kier molecular flexibility index (Phi) is 2.78. The summed E-state index contributed by atoms with van der Waals surface area (Å²) in [6, 6.07) is 8.84. The average Bonchev–Trinajstić information content (AvgIpc) is 2.26. The van der Waals surface area contributed by atoms with Crippen LogP contribution in [0.3, 0.4) is 0 Å². The van der Waals surface area contributed by atoms with E-state index in [1.54, 1.807) is 0 Å². The van der Waals surface area contributed by atoms with Gasteiger partial charge in [-0.3, -0.25) is 0 Å². The normalized spacial score (nSPS) is 20.4. The quantitative estimate of drug-likeness (QED) is 0.708. The molecule has 0 aliphatic heterocycles. The van der Waals surface area contributed by atoms with Gasteiger partial charge < -0.3 is 0 Å². The molecule has 0 aromatic heterocycles. The van der Waals surface area contributed by atoms with Crippen LogP contribution < -0.4 is 0 Å². The molecular weight excluding hydrogens is 206 g/mol. The van der Waals surface area contributed by atoms with Crippen molar-refractivity contribution >= 4 is 0 Å². The van der Waals surface area contributed by atoms with Gasteiger partial charge >= 0.3 is 0 Å². The summed E-state index contributed by atoms with van der Waals surface area (Å²) in [7, 11) is 0. The Morgan fingerprint density at radius 2 is 1.65 bits per heavy atom. The van der Waals surface area contributed by atoms with E-state index in [0.29, 0.717) is 6.42 Å². The van der Waals surface area contributed by atoms with Gasteiger partial charge in [-0.1, -0.05) is 45.9 Å². The van der Waals surface area contributed by atoms with E-state index in [1.165, 1.54) is 24.0 Å². The zero-order valence-corrected chi connectivity index (χ0v) is 11.3. The highest BCUT2D eigenvalue weighted by Gasteiger charge is 2.36. The Bertz CT molecular complexity index is 475. The number of hydrogen-bond donors (Lipinski definition) is 0. The van der Waals surface area contributed by atoms with Gasteiger partial charge in [-0.2, -0.15) is 5.26 Å². The standard InChI is InChI=1S/C16H21N/c1-15(2)8-9-16(3,4)14-11-12(7-10-17)5-6-13(14)15/h5-6,11H,7-9H2,1-4H3. The van der Waals surface area contributed by atoms with Gasteiger partial charge in [-0.25, -0.2) is 0 Å². The number of benzene rings is 1. The molecule has 0 amide bonds. The summed E-state index contributed by atoms with van der Waals surface area (Å²) < 4.78 is 0. The van der Waals surface area contributed by atoms with Gasteiger partial charge in [0.2, 0.25) is 0 Å². The summed E-state index contributed by atoms with van der Waals surface area (Å²) in [4.78, 5) is 0. The van der Waals surface area contributed by atoms with E-state index in [0.717, 1.165) is 5.56 Å². The van der Waals surface area contributed by atoms with Crippen LogP contribution in [-0.4, -0.2) is 0 Å². The second-order valence-electron chi connectivity index (χ2n) is 6.48. The second-order valence-corrected chi connectivity index (χ2v) is 6.48. The average molecular weight is 227 g/mol. The lowest BCUT2D eigenvalue weighted by atomic mass is 9.63. The maximum absolute atomic E-state index is 8.81. The molecule has 0 atom stereocenters. The summed E-state index contributed by atoms with van der Waals surface area (Å²) >= 11 is 0. The highest BCUT2D eigenvalue weighted by molar-refractivity contribution is 5.44. The van der Waals surface area contributed by atoms with Gasteiger partial charge in [0.05, 0.1) is 12.5 Å². The van der Waals surface area contributed by atoms with Gasteiger partial charge in [0.15, 0.2) is 0 Å². The molecule has 17 heavy (non-hydrogen) atoms. The fourth-order valence-electron chi connectivity index (χ4n) is 2.84. The van der Waals surface area contributed by atoms with Gasteiger partial charge in [0.25, 0.3) is 0 Å². The van der Waals surface area contributed by atoms with Crippen molar-refractivity contribution in [3.63, 3.8) is 0 Å². The number of hydrogen-bond acceptors (Lipinski definition) is 1. The van der Waals surface area contributed by atoms with Crippen LogP contribution in [0, 0.1) is 11.3 Å². The highest BCUT2D eigenvalue weighted by atomic mass is 14.4. The number of nitrogens with zero attached hydrogens (tertiary/aromatic N) is 1. The van der Waals surface area contributed by atoms with E-state index >= 15 is 0 Å². The minimum atomic E-state index is 0.246. The van der Waals surface area contributed by atoms with E-state index in [-0.39, 0.29) is 10.8 Å². The Morgan fingerprint density at radius 1 is 1.06 bits per heavy atom. The molecule has 1 aromatic rings. The molecule has 1 aliphatic carbocycles. The van der Waals surface area contributed by atoms with E-state index in [9.17, 15) is 0 Å². The molecule has 0 bridgehead atoms. The smallest absolute Gasteiger partial charge is 0.0669 e. The fourth-order valence-corrected chi connectivity index (χ4v) is 2.84. The minimum Gasteiger partial charge on any atom is -0.198 e. The molecule has 1 nitrogen and oxygen atoms in total. The third kappa shape index (κ3) is 2.09. The van der Waals surface area contributed by atoms with Crippen molar-refractivity contribution in [3.05, 3.63) is 34.9 Å². The van der Waals surface area contributed by atoms with E-state index in [2.05, 4.69) is 52.0 Å². The Balaban J connectivity index is 2.57. The zero-order chi connectivity index (χ0) is 12.7. The number of fused-ring (bicyclic) bond motifs is 1.